The average molecular weight is 429 g/mol. The van der Waals surface area contributed by atoms with Crippen LogP contribution in [-0.4, -0.2) is 22.3 Å². The third kappa shape index (κ3) is 3.73. The third-order valence-corrected chi connectivity index (χ3v) is 10.3. The topological polar surface area (TPSA) is 57.5 Å². The molecular formula is C28H44O3. The minimum absolute atomic E-state index is 0.0235. The van der Waals surface area contributed by atoms with Gasteiger partial charge in [0.1, 0.15) is 0 Å². The van der Waals surface area contributed by atoms with Crippen LogP contribution in [0.25, 0.3) is 0 Å². The Balaban J connectivity index is 1.59. The van der Waals surface area contributed by atoms with Gasteiger partial charge in [0.25, 0.3) is 0 Å². The van der Waals surface area contributed by atoms with Crippen molar-refractivity contribution >= 4 is 5.97 Å². The van der Waals surface area contributed by atoms with Crippen LogP contribution in [0.3, 0.4) is 0 Å². The van der Waals surface area contributed by atoms with Crippen molar-refractivity contribution < 1.29 is 15.0 Å². The Labute approximate surface area is 189 Å². The maximum absolute atomic E-state index is 12.0. The summed E-state index contributed by atoms with van der Waals surface area (Å²) in [6.45, 7) is 11.8. The Hall–Kier alpha value is -1.09. The molecule has 4 aliphatic carbocycles. The van der Waals surface area contributed by atoms with Crippen molar-refractivity contribution in [3.05, 3.63) is 22.8 Å². The van der Waals surface area contributed by atoms with Crippen LogP contribution < -0.4 is 0 Å². The van der Waals surface area contributed by atoms with E-state index < -0.39 is 18.0 Å². The SMILES string of the molecule is CC(C)=CCCC(C)C1CCC2C3=C(CCC21C)C1(C)CCC(O)C(C(=O)O)C1CC3. The first-order valence-electron chi connectivity index (χ1n) is 12.9. The van der Waals surface area contributed by atoms with Gasteiger partial charge in [-0.3, -0.25) is 4.79 Å². The number of carbonyl (C=O) groups is 1. The molecule has 0 amide bonds. The van der Waals surface area contributed by atoms with Crippen LogP contribution in [0.1, 0.15) is 98.8 Å². The number of hydrogen-bond acceptors (Lipinski definition) is 2. The van der Waals surface area contributed by atoms with Gasteiger partial charge in [-0.2, -0.15) is 0 Å². The molecular weight excluding hydrogens is 384 g/mol. The van der Waals surface area contributed by atoms with Gasteiger partial charge in [-0.15, -0.1) is 0 Å². The molecule has 31 heavy (non-hydrogen) atoms. The standard InChI is InChI=1S/C28H44O3/c1-17(2)7-6-8-18(3)20-11-12-21-19-9-10-23-25(26(30)31)24(29)14-16-28(23,5)22(19)13-15-27(20,21)4/h7,18,20-21,23-25,29H,6,8-16H2,1-5H3,(H,30,31). The Morgan fingerprint density at radius 1 is 1.13 bits per heavy atom. The van der Waals surface area contributed by atoms with E-state index in [0.29, 0.717) is 17.8 Å². The van der Waals surface area contributed by atoms with Gasteiger partial charge < -0.3 is 10.2 Å². The van der Waals surface area contributed by atoms with Gasteiger partial charge in [0.05, 0.1) is 12.0 Å². The van der Waals surface area contributed by atoms with Crippen LogP contribution in [0.5, 0.6) is 0 Å². The van der Waals surface area contributed by atoms with E-state index in [1.54, 1.807) is 11.1 Å². The molecule has 2 N–H and O–H groups in total. The lowest BCUT2D eigenvalue weighted by Crippen LogP contribution is -2.51. The highest BCUT2D eigenvalue weighted by molar-refractivity contribution is 5.72. The highest BCUT2D eigenvalue weighted by Crippen LogP contribution is 2.66. The zero-order valence-electron chi connectivity index (χ0n) is 20.4. The maximum Gasteiger partial charge on any atom is 0.309 e. The summed E-state index contributed by atoms with van der Waals surface area (Å²) >= 11 is 0. The van der Waals surface area contributed by atoms with E-state index in [-0.39, 0.29) is 11.3 Å². The minimum atomic E-state index is -0.792. The molecule has 4 rings (SSSR count). The highest BCUT2D eigenvalue weighted by atomic mass is 16.4. The Morgan fingerprint density at radius 3 is 2.55 bits per heavy atom. The van der Waals surface area contributed by atoms with Crippen molar-refractivity contribution in [3.63, 3.8) is 0 Å². The predicted octanol–water partition coefficient (Wildman–Crippen LogP) is 6.76. The van der Waals surface area contributed by atoms with Gasteiger partial charge in [0.2, 0.25) is 0 Å². The van der Waals surface area contributed by atoms with Crippen LogP contribution in [0.2, 0.25) is 0 Å². The molecule has 4 aliphatic rings. The van der Waals surface area contributed by atoms with Crippen molar-refractivity contribution in [3.8, 4) is 0 Å². The van der Waals surface area contributed by atoms with Crippen molar-refractivity contribution in [1.82, 2.24) is 0 Å². The van der Waals surface area contributed by atoms with Crippen LogP contribution >= 0.6 is 0 Å². The number of rotatable bonds is 5. The molecule has 0 aliphatic heterocycles. The van der Waals surface area contributed by atoms with Gasteiger partial charge in [0, 0.05) is 0 Å². The highest BCUT2D eigenvalue weighted by Gasteiger charge is 2.58. The summed E-state index contributed by atoms with van der Waals surface area (Å²) in [4.78, 5) is 12.0. The number of fused-ring (bicyclic) bond motifs is 4. The molecule has 8 atom stereocenters. The van der Waals surface area contributed by atoms with Gasteiger partial charge >= 0.3 is 5.97 Å². The lowest BCUT2D eigenvalue weighted by molar-refractivity contribution is -0.156. The summed E-state index contributed by atoms with van der Waals surface area (Å²) in [7, 11) is 0. The number of allylic oxidation sites excluding steroid dienone is 4. The quantitative estimate of drug-likeness (QED) is 0.475. The van der Waals surface area contributed by atoms with Crippen molar-refractivity contribution in [2.45, 2.75) is 105 Å². The van der Waals surface area contributed by atoms with Gasteiger partial charge in [-0.1, -0.05) is 43.6 Å². The number of aliphatic hydroxyl groups excluding tert-OH is 1. The Morgan fingerprint density at radius 2 is 1.87 bits per heavy atom. The maximum atomic E-state index is 12.0. The van der Waals surface area contributed by atoms with Crippen LogP contribution in [0.4, 0.5) is 0 Å². The van der Waals surface area contributed by atoms with Crippen molar-refractivity contribution in [2.75, 3.05) is 0 Å². The molecule has 3 nitrogen and oxygen atoms in total. The molecule has 8 unspecified atom stereocenters. The number of aliphatic carboxylic acids is 1. The number of carboxylic acid groups (broad SMARTS) is 1. The second kappa shape index (κ2) is 8.36. The smallest absolute Gasteiger partial charge is 0.309 e. The fourth-order valence-corrected chi connectivity index (χ4v) is 8.71. The second-order valence-electron chi connectivity index (χ2n) is 12.1. The van der Waals surface area contributed by atoms with E-state index in [9.17, 15) is 15.0 Å². The van der Waals surface area contributed by atoms with Gasteiger partial charge in [0.15, 0.2) is 0 Å². The lowest BCUT2D eigenvalue weighted by atomic mass is 9.48. The largest absolute Gasteiger partial charge is 0.481 e. The fourth-order valence-electron chi connectivity index (χ4n) is 8.71. The summed E-state index contributed by atoms with van der Waals surface area (Å²) in [6.07, 6.45) is 12.9. The van der Waals surface area contributed by atoms with Gasteiger partial charge in [-0.05, 0) is 113 Å². The summed E-state index contributed by atoms with van der Waals surface area (Å²) in [5.41, 5.74) is 5.14. The number of hydrogen-bond donors (Lipinski definition) is 2. The van der Waals surface area contributed by atoms with E-state index in [0.717, 1.165) is 37.5 Å². The van der Waals surface area contributed by atoms with E-state index in [2.05, 4.69) is 40.7 Å². The molecule has 3 heteroatoms. The van der Waals surface area contributed by atoms with E-state index >= 15 is 0 Å². The van der Waals surface area contributed by atoms with E-state index in [1.165, 1.54) is 37.7 Å². The second-order valence-corrected chi connectivity index (χ2v) is 12.1. The first-order chi connectivity index (χ1) is 14.6. The molecule has 0 aromatic heterocycles. The molecule has 2 fully saturated rings. The van der Waals surface area contributed by atoms with Crippen molar-refractivity contribution in [2.24, 2.45) is 40.4 Å². The Bertz CT molecular complexity index is 775. The zero-order chi connectivity index (χ0) is 22.6. The van der Waals surface area contributed by atoms with Crippen LogP contribution in [0, 0.1) is 40.4 Å². The predicted molar refractivity (Wildman–Crippen MR) is 126 cm³/mol. The zero-order valence-corrected chi connectivity index (χ0v) is 20.4. The normalized spacial score (nSPS) is 43.0. The average Bonchev–Trinajstić information content (AvgIpc) is 3.05. The minimum Gasteiger partial charge on any atom is -0.481 e. The molecule has 2 saturated carbocycles. The molecule has 0 saturated heterocycles. The summed E-state index contributed by atoms with van der Waals surface area (Å²) in [6, 6.07) is 0. The molecule has 0 aromatic carbocycles. The third-order valence-electron chi connectivity index (χ3n) is 10.3. The van der Waals surface area contributed by atoms with Crippen molar-refractivity contribution in [1.29, 1.82) is 0 Å². The molecule has 0 bridgehead atoms. The number of carboxylic acids is 1. The van der Waals surface area contributed by atoms with E-state index in [1.807, 2.05) is 0 Å². The monoisotopic (exact) mass is 428 g/mol. The van der Waals surface area contributed by atoms with E-state index in [4.69, 9.17) is 0 Å². The lowest BCUT2D eigenvalue weighted by Gasteiger charge is -2.56. The molecule has 174 valence electrons. The summed E-state index contributed by atoms with van der Waals surface area (Å²) in [5.74, 6) is 0.979. The summed E-state index contributed by atoms with van der Waals surface area (Å²) in [5, 5.41) is 20.3. The Kier molecular flexibility index (Phi) is 6.22. The molecule has 0 heterocycles. The van der Waals surface area contributed by atoms with Crippen LogP contribution in [-0.2, 0) is 4.79 Å². The first kappa shape index (κ1) is 23.1. The summed E-state index contributed by atoms with van der Waals surface area (Å²) < 4.78 is 0. The fraction of sp³-hybridized carbons (Fsp3) is 0.821. The van der Waals surface area contributed by atoms with Crippen LogP contribution in [0.15, 0.2) is 22.8 Å². The molecule has 0 spiro atoms. The molecule has 0 radical (unpaired) electrons. The number of aliphatic hydroxyl groups is 1. The molecule has 0 aromatic rings. The first-order valence-corrected chi connectivity index (χ1v) is 12.9. The van der Waals surface area contributed by atoms with Gasteiger partial charge in [-0.25, -0.2) is 0 Å².